The molecule has 260 valence electrons. The Bertz CT molecular complexity index is 1860. The minimum Gasteiger partial charge on any atom is -0.465 e. The van der Waals surface area contributed by atoms with Crippen LogP contribution in [-0.2, 0) is 30.8 Å². The van der Waals surface area contributed by atoms with Crippen LogP contribution in [0.4, 0.5) is 4.39 Å². The van der Waals surface area contributed by atoms with Gasteiger partial charge < -0.3 is 9.64 Å². The summed E-state index contributed by atoms with van der Waals surface area (Å²) >= 11 is 1.21. The molecule has 7 rings (SSSR count). The molecule has 2 aromatic carbocycles. The van der Waals surface area contributed by atoms with Crippen LogP contribution in [0.5, 0.6) is 5.19 Å². The van der Waals surface area contributed by atoms with Crippen LogP contribution in [0, 0.1) is 23.1 Å². The maximum atomic E-state index is 14.5. The second-order valence-electron chi connectivity index (χ2n) is 14.1. The van der Waals surface area contributed by atoms with Crippen LogP contribution in [0.15, 0.2) is 60.7 Å². The third-order valence-electron chi connectivity index (χ3n) is 10.6. The van der Waals surface area contributed by atoms with Gasteiger partial charge in [-0.15, -0.1) is 0 Å². The number of amides is 2. The maximum Gasteiger partial charge on any atom is 0.274 e. The summed E-state index contributed by atoms with van der Waals surface area (Å²) in [5.41, 5.74) is 0.574. The quantitative estimate of drug-likeness (QED) is 0.280. The number of benzene rings is 2. The normalized spacial score (nSPS) is 28.6. The molecule has 2 saturated carbocycles. The summed E-state index contributed by atoms with van der Waals surface area (Å²) in [5, 5.41) is -0.228. The molecule has 2 aliphatic carbocycles. The van der Waals surface area contributed by atoms with Crippen molar-refractivity contribution in [1.29, 1.82) is 0 Å². The Kier molecular flexibility index (Phi) is 9.62. The average Bonchev–Trinajstić information content (AvgIpc) is 3.97. The number of nitrogens with one attached hydrogen (secondary N) is 1. The van der Waals surface area contributed by atoms with E-state index in [4.69, 9.17) is 4.74 Å². The van der Waals surface area contributed by atoms with E-state index in [9.17, 15) is 27.2 Å². The number of halogens is 1. The highest BCUT2D eigenvalue weighted by Crippen LogP contribution is 2.57. The second kappa shape index (κ2) is 13.9. The summed E-state index contributed by atoms with van der Waals surface area (Å²) in [6.07, 6.45) is 10.6. The van der Waals surface area contributed by atoms with Gasteiger partial charge in [0.05, 0.1) is 33.5 Å². The highest BCUT2D eigenvalue weighted by molar-refractivity contribution is 7.90. The highest BCUT2D eigenvalue weighted by atomic mass is 32.2. The molecular weight excluding hydrogens is 666 g/mol. The van der Waals surface area contributed by atoms with E-state index in [0.29, 0.717) is 47.5 Å². The number of carbonyl (C=O) groups excluding carboxylic acids is 3. The van der Waals surface area contributed by atoms with Crippen LogP contribution in [0.3, 0.4) is 0 Å². The van der Waals surface area contributed by atoms with Gasteiger partial charge in [-0.2, -0.15) is 0 Å². The number of Topliss-reactive ketones (excluding diaryl/α,β-unsaturated/α-hetero) is 1. The third-order valence-corrected chi connectivity index (χ3v) is 13.3. The Balaban J connectivity index is 1.16. The Morgan fingerprint density at radius 3 is 2.69 bits per heavy atom. The lowest BCUT2D eigenvalue weighted by Gasteiger charge is -2.29. The summed E-state index contributed by atoms with van der Waals surface area (Å²) in [5.74, 6) is -1.91. The van der Waals surface area contributed by atoms with Crippen LogP contribution < -0.4 is 9.46 Å². The summed E-state index contributed by atoms with van der Waals surface area (Å²) in [4.78, 5) is 48.6. The molecule has 3 fully saturated rings. The van der Waals surface area contributed by atoms with E-state index in [0.717, 1.165) is 37.7 Å². The molecule has 0 bridgehead atoms. The molecule has 3 heterocycles. The van der Waals surface area contributed by atoms with Gasteiger partial charge in [0.1, 0.15) is 11.9 Å². The second-order valence-corrected chi connectivity index (χ2v) is 17.1. The van der Waals surface area contributed by atoms with E-state index in [1.807, 2.05) is 30.4 Å². The van der Waals surface area contributed by atoms with E-state index < -0.39 is 38.7 Å². The molecule has 0 spiro atoms. The maximum absolute atomic E-state index is 14.5. The number of ether oxygens (including phenoxy) is 1. The van der Waals surface area contributed by atoms with E-state index in [1.54, 1.807) is 11.0 Å². The smallest absolute Gasteiger partial charge is 0.274 e. The Morgan fingerprint density at radius 2 is 1.90 bits per heavy atom. The standard InChI is InChI=1S/C37H42FN3O6S2/c38-27-15-18-30-33(19-27)48-36(39-30)47-28-20-31-32(42)22-37(35(44)40-49(45,46)29-16-17-29)21-26(37)12-8-3-1-2-7-11-25(34(43)41(31)23-28)14-13-24-9-5-4-6-10-24/h4-6,8-10,12,15,18-19,25-26,28-29,31H,1-3,7,11,13-14,16-17,20-23H2,(H,40,44)/b12-8-/t25-,26+,28-,31+,37-/m1/s1. The zero-order valence-electron chi connectivity index (χ0n) is 27.4. The first-order chi connectivity index (χ1) is 23.6. The number of aryl methyl sites for hydroxylation is 1. The first-order valence-electron chi connectivity index (χ1n) is 17.4. The molecule has 4 aliphatic rings. The number of hydrogen-bond donors (Lipinski definition) is 1. The number of sulfonamides is 1. The van der Waals surface area contributed by atoms with Crippen LogP contribution in [0.2, 0.25) is 0 Å². The van der Waals surface area contributed by atoms with Crippen molar-refractivity contribution in [3.8, 4) is 5.19 Å². The van der Waals surface area contributed by atoms with Crippen molar-refractivity contribution >= 4 is 49.2 Å². The molecule has 3 aromatic rings. The fourth-order valence-electron chi connectivity index (χ4n) is 7.46. The average molecular weight is 708 g/mol. The number of thiazole rings is 1. The molecule has 0 unspecified atom stereocenters. The zero-order chi connectivity index (χ0) is 34.2. The van der Waals surface area contributed by atoms with Crippen LogP contribution >= 0.6 is 11.3 Å². The Labute approximate surface area is 290 Å². The van der Waals surface area contributed by atoms with E-state index >= 15 is 0 Å². The predicted molar refractivity (Wildman–Crippen MR) is 185 cm³/mol. The minimum atomic E-state index is -3.80. The molecule has 2 amide bonds. The number of carbonyl (C=O) groups is 3. The number of hydrogen-bond acceptors (Lipinski definition) is 8. The van der Waals surface area contributed by atoms with Crippen molar-refractivity contribution < 1.29 is 31.9 Å². The van der Waals surface area contributed by atoms with Gasteiger partial charge in [-0.05, 0) is 81.0 Å². The summed E-state index contributed by atoms with van der Waals surface area (Å²) < 4.78 is 48.7. The fraction of sp³-hybridized carbons (Fsp3) is 0.514. The van der Waals surface area contributed by atoms with Gasteiger partial charge in [-0.1, -0.05) is 66.7 Å². The molecule has 1 aromatic heterocycles. The highest BCUT2D eigenvalue weighted by Gasteiger charge is 2.61. The van der Waals surface area contributed by atoms with Crippen molar-refractivity contribution in [2.75, 3.05) is 6.54 Å². The molecule has 5 atom stereocenters. The minimum absolute atomic E-state index is 0.0955. The number of rotatable bonds is 8. The molecule has 12 heteroatoms. The SMILES string of the molecule is O=C1C[C@]2(C(=O)NS(=O)(=O)C3CC3)C[C@@H]2/C=C\CCCCC[C@H](CCc2ccccc2)C(=O)N2C[C@H](Oc3nc4ccc(F)cc4s3)C[C@@H]12. The van der Waals surface area contributed by atoms with Crippen molar-refractivity contribution in [3.05, 3.63) is 72.1 Å². The van der Waals surface area contributed by atoms with Crippen LogP contribution in [-0.4, -0.2) is 59.8 Å². The molecule has 2 aliphatic heterocycles. The molecule has 0 radical (unpaired) electrons. The molecule has 1 saturated heterocycles. The number of allylic oxidation sites excluding steroid dienone is 2. The van der Waals surface area contributed by atoms with Gasteiger partial charge >= 0.3 is 0 Å². The Morgan fingerprint density at radius 1 is 1.08 bits per heavy atom. The number of ketones is 1. The van der Waals surface area contributed by atoms with Crippen LogP contribution in [0.25, 0.3) is 10.2 Å². The van der Waals surface area contributed by atoms with Gasteiger partial charge in [-0.25, -0.2) is 17.8 Å². The summed E-state index contributed by atoms with van der Waals surface area (Å²) in [7, 11) is -3.80. The zero-order valence-corrected chi connectivity index (χ0v) is 29.0. The van der Waals surface area contributed by atoms with Gasteiger partial charge in [0.2, 0.25) is 21.8 Å². The summed E-state index contributed by atoms with van der Waals surface area (Å²) in [6.45, 7) is 0.181. The molecular formula is C37H42FN3O6S2. The lowest BCUT2D eigenvalue weighted by Crippen LogP contribution is -2.46. The van der Waals surface area contributed by atoms with Gasteiger partial charge in [0.25, 0.3) is 5.19 Å². The third kappa shape index (κ3) is 7.60. The van der Waals surface area contributed by atoms with Crippen molar-refractivity contribution in [2.24, 2.45) is 17.3 Å². The van der Waals surface area contributed by atoms with E-state index in [-0.39, 0.29) is 48.7 Å². The first kappa shape index (κ1) is 33.8. The number of nitrogens with zero attached hydrogens (tertiary/aromatic N) is 2. The number of aromatic nitrogens is 1. The molecule has 1 N–H and O–H groups in total. The lowest BCUT2D eigenvalue weighted by molar-refractivity contribution is -0.142. The monoisotopic (exact) mass is 707 g/mol. The first-order valence-corrected chi connectivity index (χ1v) is 19.8. The topological polar surface area (TPSA) is 123 Å². The van der Waals surface area contributed by atoms with E-state index in [2.05, 4.69) is 21.8 Å². The largest absolute Gasteiger partial charge is 0.465 e. The molecule has 49 heavy (non-hydrogen) atoms. The number of fused-ring (bicyclic) bond motifs is 3. The van der Waals surface area contributed by atoms with E-state index in [1.165, 1.54) is 23.5 Å². The van der Waals surface area contributed by atoms with Crippen molar-refractivity contribution in [2.45, 2.75) is 94.4 Å². The van der Waals surface area contributed by atoms with Crippen molar-refractivity contribution in [3.63, 3.8) is 0 Å². The Hall–Kier alpha value is -3.64. The van der Waals surface area contributed by atoms with Gasteiger partial charge in [-0.3, -0.25) is 19.1 Å². The van der Waals surface area contributed by atoms with Gasteiger partial charge in [0.15, 0.2) is 5.78 Å². The predicted octanol–water partition coefficient (Wildman–Crippen LogP) is 6.13. The van der Waals surface area contributed by atoms with Crippen molar-refractivity contribution in [1.82, 2.24) is 14.6 Å². The lowest BCUT2D eigenvalue weighted by atomic mass is 9.90. The fourth-order valence-corrected chi connectivity index (χ4v) is 9.75. The van der Waals surface area contributed by atoms with Crippen LogP contribution in [0.1, 0.15) is 76.2 Å². The molecule has 9 nitrogen and oxygen atoms in total. The van der Waals surface area contributed by atoms with Gasteiger partial charge in [0, 0.05) is 18.8 Å². The summed E-state index contributed by atoms with van der Waals surface area (Å²) in [6, 6.07) is 13.6.